The molecule has 1 N–H and O–H groups in total. The Morgan fingerprint density at radius 3 is 2.47 bits per heavy atom. The maximum atomic E-state index is 12.9. The zero-order valence-corrected chi connectivity index (χ0v) is 10.3. The summed E-state index contributed by atoms with van der Waals surface area (Å²) in [6, 6.07) is 12.5. The molecule has 0 aliphatic carbocycles. The number of rotatable bonds is 3. The van der Waals surface area contributed by atoms with Crippen LogP contribution >= 0.6 is 11.6 Å². The van der Waals surface area contributed by atoms with E-state index in [-0.39, 0.29) is 5.82 Å². The van der Waals surface area contributed by atoms with Gasteiger partial charge in [0.25, 0.3) is 0 Å². The normalized spacial score (nSPS) is 10.3. The average molecular weight is 250 g/mol. The Labute approximate surface area is 105 Å². The molecule has 0 atom stereocenters. The van der Waals surface area contributed by atoms with Gasteiger partial charge in [0.2, 0.25) is 0 Å². The first kappa shape index (κ1) is 11.9. The number of halogens is 2. The van der Waals surface area contributed by atoms with E-state index in [1.54, 1.807) is 6.07 Å². The molecule has 88 valence electrons. The monoisotopic (exact) mass is 249 g/mol. The van der Waals surface area contributed by atoms with E-state index in [0.29, 0.717) is 11.6 Å². The van der Waals surface area contributed by atoms with Gasteiger partial charge in [-0.15, -0.1) is 0 Å². The number of anilines is 1. The van der Waals surface area contributed by atoms with Crippen LogP contribution in [-0.4, -0.2) is 0 Å². The van der Waals surface area contributed by atoms with Gasteiger partial charge in [-0.3, -0.25) is 0 Å². The number of benzene rings is 2. The molecular formula is C14H13ClFN. The maximum Gasteiger partial charge on any atom is 0.124 e. The van der Waals surface area contributed by atoms with Crippen LogP contribution in [0.2, 0.25) is 5.02 Å². The quantitative estimate of drug-likeness (QED) is 0.850. The van der Waals surface area contributed by atoms with Gasteiger partial charge in [0, 0.05) is 17.3 Å². The molecule has 0 amide bonds. The van der Waals surface area contributed by atoms with Crippen LogP contribution in [0.15, 0.2) is 42.5 Å². The third kappa shape index (κ3) is 3.21. The Balaban J connectivity index is 2.04. The van der Waals surface area contributed by atoms with E-state index >= 15 is 0 Å². The molecule has 0 spiro atoms. The fraction of sp³-hybridized carbons (Fsp3) is 0.143. The summed E-state index contributed by atoms with van der Waals surface area (Å²) < 4.78 is 12.9. The Hall–Kier alpha value is -1.54. The van der Waals surface area contributed by atoms with Crippen LogP contribution in [0.5, 0.6) is 0 Å². The molecule has 0 unspecified atom stereocenters. The highest BCUT2D eigenvalue weighted by Gasteiger charge is 2.01. The average Bonchev–Trinajstić information content (AvgIpc) is 2.30. The van der Waals surface area contributed by atoms with Crippen molar-refractivity contribution in [2.24, 2.45) is 0 Å². The van der Waals surface area contributed by atoms with Crippen molar-refractivity contribution in [3.05, 3.63) is 64.4 Å². The highest BCUT2D eigenvalue weighted by molar-refractivity contribution is 6.31. The van der Waals surface area contributed by atoms with E-state index < -0.39 is 0 Å². The van der Waals surface area contributed by atoms with Crippen molar-refractivity contribution < 1.29 is 4.39 Å². The lowest BCUT2D eigenvalue weighted by Crippen LogP contribution is -2.00. The molecule has 0 aliphatic rings. The van der Waals surface area contributed by atoms with E-state index in [1.165, 1.54) is 17.7 Å². The predicted octanol–water partition coefficient (Wildman–Crippen LogP) is 4.40. The van der Waals surface area contributed by atoms with Crippen molar-refractivity contribution >= 4 is 17.3 Å². The van der Waals surface area contributed by atoms with E-state index in [2.05, 4.69) is 5.32 Å². The molecule has 1 nitrogen and oxygen atoms in total. The summed E-state index contributed by atoms with van der Waals surface area (Å²) in [6.45, 7) is 2.63. The molecule has 0 fully saturated rings. The summed E-state index contributed by atoms with van der Waals surface area (Å²) in [6.07, 6.45) is 0. The van der Waals surface area contributed by atoms with E-state index in [0.717, 1.165) is 11.3 Å². The smallest absolute Gasteiger partial charge is 0.124 e. The lowest BCUT2D eigenvalue weighted by Gasteiger charge is -2.08. The molecule has 17 heavy (non-hydrogen) atoms. The largest absolute Gasteiger partial charge is 0.381 e. The summed E-state index contributed by atoms with van der Waals surface area (Å²) in [5.74, 6) is -0.311. The Bertz CT molecular complexity index is 508. The van der Waals surface area contributed by atoms with Gasteiger partial charge >= 0.3 is 0 Å². The van der Waals surface area contributed by atoms with Crippen LogP contribution in [0, 0.1) is 12.7 Å². The summed E-state index contributed by atoms with van der Waals surface area (Å²) in [4.78, 5) is 0. The zero-order valence-electron chi connectivity index (χ0n) is 9.50. The van der Waals surface area contributed by atoms with Gasteiger partial charge in [-0.25, -0.2) is 4.39 Å². The van der Waals surface area contributed by atoms with Crippen LogP contribution in [-0.2, 0) is 6.54 Å². The number of aryl methyl sites for hydroxylation is 1. The summed E-state index contributed by atoms with van der Waals surface area (Å²) in [5, 5.41) is 3.69. The third-order valence-corrected chi connectivity index (χ3v) is 2.90. The molecule has 0 aromatic heterocycles. The Morgan fingerprint density at radius 2 is 1.82 bits per heavy atom. The van der Waals surface area contributed by atoms with Gasteiger partial charge in [0.05, 0.1) is 0 Å². The molecule has 3 heteroatoms. The van der Waals surface area contributed by atoms with E-state index in [1.807, 2.05) is 31.2 Å². The summed E-state index contributed by atoms with van der Waals surface area (Å²) in [7, 11) is 0. The first-order valence-corrected chi connectivity index (χ1v) is 5.77. The van der Waals surface area contributed by atoms with Crippen LogP contribution in [0.1, 0.15) is 11.1 Å². The first-order valence-electron chi connectivity index (χ1n) is 5.39. The van der Waals surface area contributed by atoms with Crippen LogP contribution < -0.4 is 5.32 Å². The highest BCUT2D eigenvalue weighted by atomic mass is 35.5. The molecule has 2 aromatic rings. The zero-order chi connectivity index (χ0) is 12.3. The highest BCUT2D eigenvalue weighted by Crippen LogP contribution is 2.19. The van der Waals surface area contributed by atoms with Gasteiger partial charge in [0.1, 0.15) is 5.82 Å². The lowest BCUT2D eigenvalue weighted by atomic mass is 10.2. The van der Waals surface area contributed by atoms with Crippen molar-refractivity contribution in [1.29, 1.82) is 0 Å². The van der Waals surface area contributed by atoms with Crippen LogP contribution in [0.4, 0.5) is 10.1 Å². The molecule has 0 heterocycles. The van der Waals surface area contributed by atoms with Gasteiger partial charge in [-0.2, -0.15) is 0 Å². The molecule has 0 aliphatic heterocycles. The molecular weight excluding hydrogens is 237 g/mol. The maximum absolute atomic E-state index is 12.9. The van der Waals surface area contributed by atoms with Crippen molar-refractivity contribution in [3.8, 4) is 0 Å². The Kier molecular flexibility index (Phi) is 3.64. The number of hydrogen-bond acceptors (Lipinski definition) is 1. The third-order valence-electron chi connectivity index (χ3n) is 2.55. The SMILES string of the molecule is Cc1ccc(NCc2ccc(F)cc2Cl)cc1. The molecule has 0 saturated heterocycles. The molecule has 0 radical (unpaired) electrons. The number of hydrogen-bond donors (Lipinski definition) is 1. The lowest BCUT2D eigenvalue weighted by molar-refractivity contribution is 0.627. The molecule has 0 bridgehead atoms. The standard InChI is InChI=1S/C14H13ClFN/c1-10-2-6-13(7-3-10)17-9-11-4-5-12(16)8-14(11)15/h2-8,17H,9H2,1H3. The van der Waals surface area contributed by atoms with Crippen molar-refractivity contribution in [1.82, 2.24) is 0 Å². The van der Waals surface area contributed by atoms with Crippen molar-refractivity contribution in [2.75, 3.05) is 5.32 Å². The second-order valence-electron chi connectivity index (χ2n) is 3.96. The predicted molar refractivity (Wildman–Crippen MR) is 69.9 cm³/mol. The fourth-order valence-electron chi connectivity index (χ4n) is 1.53. The van der Waals surface area contributed by atoms with Crippen molar-refractivity contribution in [3.63, 3.8) is 0 Å². The Morgan fingerprint density at radius 1 is 1.12 bits per heavy atom. The van der Waals surface area contributed by atoms with Gasteiger partial charge in [0.15, 0.2) is 0 Å². The topological polar surface area (TPSA) is 12.0 Å². The van der Waals surface area contributed by atoms with Crippen LogP contribution in [0.25, 0.3) is 0 Å². The van der Waals surface area contributed by atoms with Gasteiger partial charge in [-0.05, 0) is 36.8 Å². The van der Waals surface area contributed by atoms with E-state index in [9.17, 15) is 4.39 Å². The second kappa shape index (κ2) is 5.19. The van der Waals surface area contributed by atoms with Gasteiger partial charge < -0.3 is 5.32 Å². The summed E-state index contributed by atoms with van der Waals surface area (Å²) >= 11 is 5.94. The van der Waals surface area contributed by atoms with Gasteiger partial charge in [-0.1, -0.05) is 35.4 Å². The minimum Gasteiger partial charge on any atom is -0.381 e. The summed E-state index contributed by atoms with van der Waals surface area (Å²) in [5.41, 5.74) is 3.12. The van der Waals surface area contributed by atoms with Crippen molar-refractivity contribution in [2.45, 2.75) is 13.5 Å². The van der Waals surface area contributed by atoms with E-state index in [4.69, 9.17) is 11.6 Å². The minimum atomic E-state index is -0.311. The molecule has 2 rings (SSSR count). The fourth-order valence-corrected chi connectivity index (χ4v) is 1.77. The first-order chi connectivity index (χ1) is 8.15. The minimum absolute atomic E-state index is 0.311. The molecule has 0 saturated carbocycles. The second-order valence-corrected chi connectivity index (χ2v) is 4.36. The molecule has 2 aromatic carbocycles. The van der Waals surface area contributed by atoms with Crippen LogP contribution in [0.3, 0.4) is 0 Å². The number of nitrogens with one attached hydrogen (secondary N) is 1.